The Labute approximate surface area is 112 Å². The molecule has 0 spiro atoms. The molecule has 0 bridgehead atoms. The Morgan fingerprint density at radius 2 is 2.00 bits per heavy atom. The van der Waals surface area contributed by atoms with Gasteiger partial charge in [0.15, 0.2) is 0 Å². The van der Waals surface area contributed by atoms with Gasteiger partial charge in [-0.15, -0.1) is 0 Å². The van der Waals surface area contributed by atoms with Crippen LogP contribution in [0.4, 0.5) is 17.6 Å². The normalized spacial score (nSPS) is 13.5. The van der Waals surface area contributed by atoms with Crippen molar-refractivity contribution in [3.05, 3.63) is 53.1 Å². The minimum Gasteiger partial charge on any atom is -0.384 e. The number of nitrogens with zero attached hydrogens (tertiary/aromatic N) is 2. The Morgan fingerprint density at radius 1 is 1.30 bits per heavy atom. The van der Waals surface area contributed by atoms with Gasteiger partial charge in [-0.25, -0.2) is 4.39 Å². The fourth-order valence-corrected chi connectivity index (χ4v) is 1.82. The first-order valence-corrected chi connectivity index (χ1v) is 5.90. The Morgan fingerprint density at radius 3 is 2.50 bits per heavy atom. The molecule has 0 radical (unpaired) electrons. The smallest absolute Gasteiger partial charge is 0.384 e. The van der Waals surface area contributed by atoms with Crippen LogP contribution in [0.2, 0.25) is 0 Å². The summed E-state index contributed by atoms with van der Waals surface area (Å²) in [5.41, 5.74) is -0.908. The Hall–Kier alpha value is -1.89. The minimum atomic E-state index is -4.75. The molecule has 20 heavy (non-hydrogen) atoms. The van der Waals surface area contributed by atoms with Crippen LogP contribution in [0, 0.1) is 5.82 Å². The summed E-state index contributed by atoms with van der Waals surface area (Å²) < 4.78 is 52.3. The molecule has 1 atom stereocenters. The first-order chi connectivity index (χ1) is 9.32. The van der Waals surface area contributed by atoms with Crippen molar-refractivity contribution in [2.75, 3.05) is 0 Å². The Bertz CT molecular complexity index is 607. The largest absolute Gasteiger partial charge is 0.419 e. The molecular formula is C13H12F4N2O. The lowest BCUT2D eigenvalue weighted by Crippen LogP contribution is -2.09. The van der Waals surface area contributed by atoms with E-state index in [9.17, 15) is 22.7 Å². The average molecular weight is 288 g/mol. The number of aryl methyl sites for hydroxylation is 1. The van der Waals surface area contributed by atoms with E-state index >= 15 is 0 Å². The summed E-state index contributed by atoms with van der Waals surface area (Å²) in [6.45, 7) is 2.44. The van der Waals surface area contributed by atoms with Crippen molar-refractivity contribution in [2.45, 2.75) is 25.7 Å². The third-order valence-electron chi connectivity index (χ3n) is 2.91. The van der Waals surface area contributed by atoms with Gasteiger partial charge in [0.05, 0.1) is 11.8 Å². The molecule has 0 aliphatic rings. The number of benzene rings is 1. The summed E-state index contributed by atoms with van der Waals surface area (Å²) in [6, 6.07) is 2.37. The molecule has 0 aliphatic carbocycles. The maximum absolute atomic E-state index is 13.4. The molecule has 0 aliphatic heterocycles. The lowest BCUT2D eigenvalue weighted by Gasteiger charge is -2.12. The molecule has 7 heteroatoms. The zero-order chi connectivity index (χ0) is 14.9. The number of rotatable bonds is 3. The predicted molar refractivity (Wildman–Crippen MR) is 63.4 cm³/mol. The molecule has 1 N–H and O–H groups in total. The highest BCUT2D eigenvalue weighted by atomic mass is 19.4. The number of halogens is 4. The summed E-state index contributed by atoms with van der Waals surface area (Å²) in [5, 5.41) is 14.0. The van der Waals surface area contributed by atoms with Crippen LogP contribution < -0.4 is 0 Å². The van der Waals surface area contributed by atoms with Crippen molar-refractivity contribution in [1.29, 1.82) is 0 Å². The van der Waals surface area contributed by atoms with Gasteiger partial charge >= 0.3 is 6.18 Å². The first kappa shape index (κ1) is 14.5. The van der Waals surface area contributed by atoms with Gasteiger partial charge in [0.25, 0.3) is 0 Å². The van der Waals surface area contributed by atoms with Crippen molar-refractivity contribution in [2.24, 2.45) is 0 Å². The number of hydrogen-bond acceptors (Lipinski definition) is 2. The lowest BCUT2D eigenvalue weighted by molar-refractivity contribution is -0.140. The van der Waals surface area contributed by atoms with E-state index < -0.39 is 23.7 Å². The van der Waals surface area contributed by atoms with Crippen LogP contribution >= 0.6 is 0 Å². The van der Waals surface area contributed by atoms with E-state index in [-0.39, 0.29) is 5.56 Å². The van der Waals surface area contributed by atoms with Crippen molar-refractivity contribution in [3.8, 4) is 0 Å². The third-order valence-corrected chi connectivity index (χ3v) is 2.91. The van der Waals surface area contributed by atoms with E-state index in [4.69, 9.17) is 0 Å². The van der Waals surface area contributed by atoms with E-state index in [1.54, 1.807) is 10.9 Å². The summed E-state index contributed by atoms with van der Waals surface area (Å²) in [6.07, 6.45) is -3.02. The average Bonchev–Trinajstić information content (AvgIpc) is 2.85. The first-order valence-electron chi connectivity index (χ1n) is 5.90. The summed E-state index contributed by atoms with van der Waals surface area (Å²) in [7, 11) is 0. The molecule has 2 rings (SSSR count). The predicted octanol–water partition coefficient (Wildman–Crippen LogP) is 3.14. The van der Waals surface area contributed by atoms with Gasteiger partial charge in [-0.05, 0) is 24.6 Å². The zero-order valence-corrected chi connectivity index (χ0v) is 10.5. The fourth-order valence-electron chi connectivity index (χ4n) is 1.82. The minimum absolute atomic E-state index is 0.0474. The van der Waals surface area contributed by atoms with E-state index in [1.165, 1.54) is 6.20 Å². The molecule has 0 amide bonds. The Balaban J connectivity index is 2.31. The van der Waals surface area contributed by atoms with Crippen molar-refractivity contribution < 1.29 is 22.7 Å². The number of aromatic nitrogens is 2. The summed E-state index contributed by atoms with van der Waals surface area (Å²) in [5.74, 6) is -1.41. The van der Waals surface area contributed by atoms with Crippen LogP contribution in [0.5, 0.6) is 0 Å². The second-order valence-electron chi connectivity index (χ2n) is 4.27. The summed E-state index contributed by atoms with van der Waals surface area (Å²) in [4.78, 5) is 0. The highest BCUT2D eigenvalue weighted by molar-refractivity contribution is 5.32. The Kier molecular flexibility index (Phi) is 3.80. The highest BCUT2D eigenvalue weighted by Crippen LogP contribution is 2.33. The third kappa shape index (κ3) is 2.82. The van der Waals surface area contributed by atoms with Gasteiger partial charge in [0.2, 0.25) is 0 Å². The second-order valence-corrected chi connectivity index (χ2v) is 4.27. The molecule has 0 saturated carbocycles. The van der Waals surface area contributed by atoms with Gasteiger partial charge in [0, 0.05) is 18.3 Å². The van der Waals surface area contributed by atoms with Crippen LogP contribution in [-0.2, 0) is 12.7 Å². The lowest BCUT2D eigenvalue weighted by atomic mass is 10.0. The van der Waals surface area contributed by atoms with Crippen LogP contribution in [0.1, 0.15) is 29.7 Å². The van der Waals surface area contributed by atoms with Crippen molar-refractivity contribution in [3.63, 3.8) is 0 Å². The number of aliphatic hydroxyl groups is 1. The zero-order valence-electron chi connectivity index (χ0n) is 10.5. The van der Waals surface area contributed by atoms with Crippen LogP contribution in [0.25, 0.3) is 0 Å². The highest BCUT2D eigenvalue weighted by Gasteiger charge is 2.34. The van der Waals surface area contributed by atoms with E-state index in [1.807, 2.05) is 6.92 Å². The van der Waals surface area contributed by atoms with Gasteiger partial charge in [-0.2, -0.15) is 18.3 Å². The van der Waals surface area contributed by atoms with Crippen molar-refractivity contribution in [1.82, 2.24) is 9.78 Å². The van der Waals surface area contributed by atoms with E-state index in [2.05, 4.69) is 5.10 Å². The molecule has 1 aromatic carbocycles. The molecule has 2 aromatic rings. The molecule has 1 aromatic heterocycles. The maximum atomic E-state index is 13.4. The van der Waals surface area contributed by atoms with Gasteiger partial charge in [-0.3, -0.25) is 4.68 Å². The topological polar surface area (TPSA) is 38.0 Å². The summed E-state index contributed by atoms with van der Waals surface area (Å²) >= 11 is 0. The molecule has 1 heterocycles. The van der Waals surface area contributed by atoms with Crippen LogP contribution in [0.3, 0.4) is 0 Å². The van der Waals surface area contributed by atoms with Gasteiger partial charge in [-0.1, -0.05) is 6.07 Å². The maximum Gasteiger partial charge on any atom is 0.419 e. The molecule has 0 saturated heterocycles. The number of hydrogen-bond donors (Lipinski definition) is 1. The van der Waals surface area contributed by atoms with Gasteiger partial charge < -0.3 is 5.11 Å². The molecule has 0 fully saturated rings. The quantitative estimate of drug-likeness (QED) is 0.881. The number of alkyl halides is 3. The fraction of sp³-hybridized carbons (Fsp3) is 0.308. The number of aliphatic hydroxyl groups excluding tert-OH is 1. The van der Waals surface area contributed by atoms with Crippen LogP contribution in [-0.4, -0.2) is 14.9 Å². The molecule has 3 nitrogen and oxygen atoms in total. The molecule has 1 unspecified atom stereocenters. The van der Waals surface area contributed by atoms with Crippen molar-refractivity contribution >= 4 is 0 Å². The molecular weight excluding hydrogens is 276 g/mol. The standard InChI is InChI=1S/C13H12F4N2O/c1-2-19-7-9(6-18-19)12(20)8-3-4-10(11(14)5-8)13(15,16)17/h3-7,12,20H,2H2,1H3. The van der Waals surface area contributed by atoms with Gasteiger partial charge in [0.1, 0.15) is 11.9 Å². The monoisotopic (exact) mass is 288 g/mol. The van der Waals surface area contributed by atoms with Crippen LogP contribution in [0.15, 0.2) is 30.6 Å². The second kappa shape index (κ2) is 5.24. The SMILES string of the molecule is CCn1cc(C(O)c2ccc(C(F)(F)F)c(F)c2)cn1. The van der Waals surface area contributed by atoms with E-state index in [0.717, 1.165) is 6.07 Å². The van der Waals surface area contributed by atoms with E-state index in [0.29, 0.717) is 24.2 Å². The molecule has 108 valence electrons.